The molecule has 0 fully saturated rings. The highest BCUT2D eigenvalue weighted by atomic mass is 16.2. The number of nitrogens with one attached hydrogen (secondary N) is 3. The van der Waals surface area contributed by atoms with Crippen LogP contribution < -0.4 is 16.0 Å². The second kappa shape index (κ2) is 8.18. The Morgan fingerprint density at radius 2 is 1.90 bits per heavy atom. The average molecular weight is 293 g/mol. The summed E-state index contributed by atoms with van der Waals surface area (Å²) >= 11 is 0. The predicted molar refractivity (Wildman–Crippen MR) is 81.0 cm³/mol. The molecule has 7 heteroatoms. The number of hydrogen-bond acceptors (Lipinski definition) is 5. The number of nitrogens with zero attached hydrogens (tertiary/aromatic N) is 2. The minimum absolute atomic E-state index is 0.181. The monoisotopic (exact) mass is 293 g/mol. The molecule has 3 N–H and O–H groups in total. The van der Waals surface area contributed by atoms with Gasteiger partial charge in [-0.05, 0) is 19.8 Å². The molecule has 0 aliphatic carbocycles. The van der Waals surface area contributed by atoms with Gasteiger partial charge in [-0.3, -0.25) is 9.59 Å². The van der Waals surface area contributed by atoms with E-state index in [2.05, 4.69) is 25.9 Å². The fourth-order valence-corrected chi connectivity index (χ4v) is 1.51. The summed E-state index contributed by atoms with van der Waals surface area (Å²) in [5.74, 6) is 0.338. The molecule has 0 radical (unpaired) electrons. The van der Waals surface area contributed by atoms with E-state index < -0.39 is 11.9 Å². The van der Waals surface area contributed by atoms with Gasteiger partial charge in [-0.1, -0.05) is 13.8 Å². The van der Waals surface area contributed by atoms with Gasteiger partial charge in [-0.2, -0.15) is 0 Å². The van der Waals surface area contributed by atoms with Crippen molar-refractivity contribution in [2.24, 2.45) is 5.92 Å². The first-order valence-corrected chi connectivity index (χ1v) is 7.08. The van der Waals surface area contributed by atoms with Crippen molar-refractivity contribution >= 4 is 17.6 Å². The second-order valence-corrected chi connectivity index (χ2v) is 5.15. The van der Waals surface area contributed by atoms with Crippen LogP contribution >= 0.6 is 0 Å². The first kappa shape index (κ1) is 16.9. The number of rotatable bonds is 7. The highest BCUT2D eigenvalue weighted by Gasteiger charge is 2.17. The topological polar surface area (TPSA) is 96.0 Å². The Kier molecular flexibility index (Phi) is 6.58. The van der Waals surface area contributed by atoms with Gasteiger partial charge in [0.2, 0.25) is 5.91 Å². The molecule has 0 aliphatic heterocycles. The molecule has 7 nitrogen and oxygen atoms in total. The lowest BCUT2D eigenvalue weighted by Crippen LogP contribution is -2.45. The van der Waals surface area contributed by atoms with Crippen molar-refractivity contribution in [3.8, 4) is 0 Å². The average Bonchev–Trinajstić information content (AvgIpc) is 2.45. The highest BCUT2D eigenvalue weighted by molar-refractivity contribution is 5.95. The van der Waals surface area contributed by atoms with Crippen LogP contribution in [0.3, 0.4) is 0 Å². The fourth-order valence-electron chi connectivity index (χ4n) is 1.51. The lowest BCUT2D eigenvalue weighted by Gasteiger charge is -2.15. The van der Waals surface area contributed by atoms with Crippen LogP contribution in [0, 0.1) is 5.92 Å². The molecule has 1 aromatic heterocycles. The van der Waals surface area contributed by atoms with Crippen molar-refractivity contribution in [1.82, 2.24) is 20.6 Å². The summed E-state index contributed by atoms with van der Waals surface area (Å²) in [4.78, 5) is 31.8. The van der Waals surface area contributed by atoms with E-state index >= 15 is 0 Å². The molecular formula is C14H23N5O2. The van der Waals surface area contributed by atoms with Crippen LogP contribution in [0.2, 0.25) is 0 Å². The minimum atomic E-state index is -0.619. The molecule has 1 aromatic rings. The Hall–Kier alpha value is -2.18. The van der Waals surface area contributed by atoms with Gasteiger partial charge in [0.1, 0.15) is 17.6 Å². The van der Waals surface area contributed by atoms with Crippen LogP contribution in [0.4, 0.5) is 5.82 Å². The van der Waals surface area contributed by atoms with Crippen molar-refractivity contribution < 1.29 is 9.59 Å². The molecule has 1 rings (SSSR count). The number of aromatic nitrogens is 2. The Morgan fingerprint density at radius 3 is 2.43 bits per heavy atom. The zero-order chi connectivity index (χ0) is 15.8. The molecular weight excluding hydrogens is 270 g/mol. The Balaban J connectivity index is 2.53. The predicted octanol–water partition coefficient (Wildman–Crippen LogP) is 0.799. The second-order valence-electron chi connectivity index (χ2n) is 5.15. The maximum Gasteiger partial charge on any atom is 0.272 e. The van der Waals surface area contributed by atoms with E-state index in [4.69, 9.17) is 0 Å². The maximum atomic E-state index is 12.0. The largest absolute Gasteiger partial charge is 0.369 e. The third-order valence-corrected chi connectivity index (χ3v) is 2.67. The van der Waals surface area contributed by atoms with Crippen molar-refractivity contribution in [3.63, 3.8) is 0 Å². The van der Waals surface area contributed by atoms with Gasteiger partial charge >= 0.3 is 0 Å². The van der Waals surface area contributed by atoms with Gasteiger partial charge < -0.3 is 16.0 Å². The van der Waals surface area contributed by atoms with E-state index in [9.17, 15) is 9.59 Å². The van der Waals surface area contributed by atoms with Crippen LogP contribution in [-0.2, 0) is 4.79 Å². The van der Waals surface area contributed by atoms with Crippen molar-refractivity contribution in [2.75, 3.05) is 18.4 Å². The standard InChI is InChI=1S/C14H23N5O2/c1-5-15-12-8-16-11(7-17-12)14(21)19-10(4)13(20)18-6-9(2)3/h7-10H,5-6H2,1-4H3,(H,15,17)(H,18,20)(H,19,21). The molecule has 116 valence electrons. The normalized spacial score (nSPS) is 11.9. The van der Waals surface area contributed by atoms with Gasteiger partial charge in [0, 0.05) is 13.1 Å². The minimum Gasteiger partial charge on any atom is -0.369 e. The Morgan fingerprint density at radius 1 is 1.19 bits per heavy atom. The number of hydrogen-bond donors (Lipinski definition) is 3. The highest BCUT2D eigenvalue weighted by Crippen LogP contribution is 2.01. The van der Waals surface area contributed by atoms with E-state index in [-0.39, 0.29) is 11.6 Å². The van der Waals surface area contributed by atoms with Gasteiger partial charge in [0.15, 0.2) is 0 Å². The third-order valence-electron chi connectivity index (χ3n) is 2.67. The summed E-state index contributed by atoms with van der Waals surface area (Å²) < 4.78 is 0. The zero-order valence-electron chi connectivity index (χ0n) is 12.9. The summed E-state index contributed by atoms with van der Waals surface area (Å²) in [6.07, 6.45) is 2.87. The van der Waals surface area contributed by atoms with Gasteiger partial charge in [0.05, 0.1) is 12.4 Å². The number of amides is 2. The molecule has 1 heterocycles. The van der Waals surface area contributed by atoms with Crippen molar-refractivity contribution in [3.05, 3.63) is 18.1 Å². The van der Waals surface area contributed by atoms with E-state index in [1.165, 1.54) is 12.4 Å². The first-order chi connectivity index (χ1) is 9.93. The molecule has 0 saturated carbocycles. The Bertz CT molecular complexity index is 473. The van der Waals surface area contributed by atoms with Crippen molar-refractivity contribution in [1.29, 1.82) is 0 Å². The van der Waals surface area contributed by atoms with Crippen LogP contribution in [0.5, 0.6) is 0 Å². The quantitative estimate of drug-likeness (QED) is 0.691. The molecule has 0 aromatic carbocycles. The molecule has 0 bridgehead atoms. The number of carbonyl (C=O) groups is 2. The molecule has 2 amide bonds. The number of carbonyl (C=O) groups excluding carboxylic acids is 2. The molecule has 0 spiro atoms. The fraction of sp³-hybridized carbons (Fsp3) is 0.571. The van der Waals surface area contributed by atoms with Gasteiger partial charge in [-0.15, -0.1) is 0 Å². The van der Waals surface area contributed by atoms with Gasteiger partial charge in [-0.25, -0.2) is 9.97 Å². The lowest BCUT2D eigenvalue weighted by molar-refractivity contribution is -0.122. The number of anilines is 1. The maximum absolute atomic E-state index is 12.0. The summed E-state index contributed by atoms with van der Waals surface area (Å²) in [6.45, 7) is 8.90. The van der Waals surface area contributed by atoms with Crippen LogP contribution in [-0.4, -0.2) is 40.9 Å². The Labute approximate surface area is 124 Å². The van der Waals surface area contributed by atoms with Crippen LogP contribution in [0.15, 0.2) is 12.4 Å². The first-order valence-electron chi connectivity index (χ1n) is 7.08. The summed E-state index contributed by atoms with van der Waals surface area (Å²) in [6, 6.07) is -0.619. The van der Waals surface area contributed by atoms with E-state index in [0.717, 1.165) is 6.54 Å². The summed E-state index contributed by atoms with van der Waals surface area (Å²) in [7, 11) is 0. The molecule has 0 saturated heterocycles. The smallest absolute Gasteiger partial charge is 0.272 e. The van der Waals surface area contributed by atoms with Crippen LogP contribution in [0.1, 0.15) is 38.2 Å². The zero-order valence-corrected chi connectivity index (χ0v) is 12.9. The lowest BCUT2D eigenvalue weighted by atomic mass is 10.2. The molecule has 1 unspecified atom stereocenters. The van der Waals surface area contributed by atoms with Crippen molar-refractivity contribution in [2.45, 2.75) is 33.7 Å². The van der Waals surface area contributed by atoms with E-state index in [1.807, 2.05) is 20.8 Å². The molecule has 0 aliphatic rings. The molecule has 1 atom stereocenters. The van der Waals surface area contributed by atoms with Crippen LogP contribution in [0.25, 0.3) is 0 Å². The van der Waals surface area contributed by atoms with E-state index in [1.54, 1.807) is 6.92 Å². The van der Waals surface area contributed by atoms with Gasteiger partial charge in [0.25, 0.3) is 5.91 Å². The third kappa shape index (κ3) is 5.76. The summed E-state index contributed by atoms with van der Waals surface area (Å²) in [5, 5.41) is 8.35. The SMILES string of the molecule is CCNc1cnc(C(=O)NC(C)C(=O)NCC(C)C)cn1. The molecule has 21 heavy (non-hydrogen) atoms. The van der Waals surface area contributed by atoms with E-state index in [0.29, 0.717) is 18.3 Å². The summed E-state index contributed by atoms with van der Waals surface area (Å²) in [5.41, 5.74) is 0.181.